The van der Waals surface area contributed by atoms with Crippen LogP contribution in [0.2, 0.25) is 0 Å². The summed E-state index contributed by atoms with van der Waals surface area (Å²) in [5.41, 5.74) is 8.26. The van der Waals surface area contributed by atoms with E-state index >= 15 is 0 Å². The Labute approximate surface area is 221 Å². The van der Waals surface area contributed by atoms with Gasteiger partial charge in [0.1, 0.15) is 0 Å². The lowest BCUT2D eigenvalue weighted by molar-refractivity contribution is -0.135. The van der Waals surface area contributed by atoms with Crippen LogP contribution in [-0.4, -0.2) is 104 Å². The summed E-state index contributed by atoms with van der Waals surface area (Å²) in [5, 5.41) is 5.91. The Bertz CT molecular complexity index is 841. The maximum absolute atomic E-state index is 14.1. The number of esters is 1. The van der Waals surface area contributed by atoms with Crippen LogP contribution < -0.4 is 10.1 Å². The van der Waals surface area contributed by atoms with Gasteiger partial charge in [0.15, 0.2) is 11.6 Å². The van der Waals surface area contributed by atoms with E-state index in [0.29, 0.717) is 79.2 Å². The van der Waals surface area contributed by atoms with Gasteiger partial charge in [-0.2, -0.15) is 0 Å². The second-order valence-electron chi connectivity index (χ2n) is 7.36. The number of rotatable bonds is 24. The molecule has 0 aliphatic carbocycles. The van der Waals surface area contributed by atoms with Gasteiger partial charge < -0.3 is 38.5 Å². The minimum atomic E-state index is -0.794. The zero-order chi connectivity index (χ0) is 27.7. The van der Waals surface area contributed by atoms with Crippen LogP contribution >= 0.6 is 0 Å². The molecular formula is C24H37FN4O9. The summed E-state index contributed by atoms with van der Waals surface area (Å²) in [6.07, 6.45) is -0.0572. The molecule has 0 aromatic heterocycles. The predicted molar refractivity (Wildman–Crippen MR) is 134 cm³/mol. The third kappa shape index (κ3) is 17.6. The van der Waals surface area contributed by atoms with E-state index in [1.54, 1.807) is 6.92 Å². The first-order valence-corrected chi connectivity index (χ1v) is 12.3. The van der Waals surface area contributed by atoms with Crippen molar-refractivity contribution in [3.05, 3.63) is 40.0 Å². The van der Waals surface area contributed by atoms with E-state index in [-0.39, 0.29) is 30.9 Å². The van der Waals surface area contributed by atoms with Crippen molar-refractivity contribution in [2.45, 2.75) is 13.3 Å². The van der Waals surface area contributed by atoms with Crippen molar-refractivity contribution in [1.82, 2.24) is 5.32 Å². The predicted octanol–water partition coefficient (Wildman–Crippen LogP) is 2.28. The molecule has 214 valence electrons. The molecule has 1 amide bonds. The highest BCUT2D eigenvalue weighted by molar-refractivity contribution is 5.94. The van der Waals surface area contributed by atoms with Crippen LogP contribution in [-0.2, 0) is 33.2 Å². The Morgan fingerprint density at radius 3 is 1.82 bits per heavy atom. The quantitative estimate of drug-likeness (QED) is 0.0514. The van der Waals surface area contributed by atoms with E-state index in [1.807, 2.05) is 0 Å². The number of nitrogens with one attached hydrogen (secondary N) is 1. The third-order valence-corrected chi connectivity index (χ3v) is 4.46. The molecule has 14 heteroatoms. The monoisotopic (exact) mass is 544 g/mol. The molecule has 13 nitrogen and oxygen atoms in total. The molecule has 0 aliphatic rings. The van der Waals surface area contributed by atoms with Crippen molar-refractivity contribution in [2.24, 2.45) is 5.11 Å². The molecular weight excluding hydrogens is 507 g/mol. The number of halogens is 1. The molecule has 0 unspecified atom stereocenters. The molecule has 1 rings (SSSR count). The Kier molecular flexibility index (Phi) is 20.3. The van der Waals surface area contributed by atoms with Crippen molar-refractivity contribution in [1.29, 1.82) is 0 Å². The molecule has 1 aromatic rings. The molecule has 0 bridgehead atoms. The standard InChI is InChI=1S/C24H37FN4O9/c1-2-27-24(31)20-3-4-22(21(25)19-20)38-23(30)5-7-32-9-11-34-13-15-36-17-18-37-16-14-35-12-10-33-8-6-28-29-26/h3-4,19H,2,5-18H2,1H3,(H,27,31). The highest BCUT2D eigenvalue weighted by Gasteiger charge is 2.13. The molecule has 0 heterocycles. The lowest BCUT2D eigenvalue weighted by atomic mass is 10.2. The summed E-state index contributed by atoms with van der Waals surface area (Å²) >= 11 is 0. The van der Waals surface area contributed by atoms with Crippen molar-refractivity contribution < 1.29 is 47.1 Å². The van der Waals surface area contributed by atoms with Crippen molar-refractivity contribution in [2.75, 3.05) is 92.4 Å². The van der Waals surface area contributed by atoms with Gasteiger partial charge in [-0.1, -0.05) is 5.11 Å². The fourth-order valence-electron chi connectivity index (χ4n) is 2.67. The molecule has 38 heavy (non-hydrogen) atoms. The number of hydrogen-bond acceptors (Lipinski definition) is 10. The van der Waals surface area contributed by atoms with Gasteiger partial charge in [0.05, 0.1) is 85.7 Å². The molecule has 0 atom stereocenters. The molecule has 0 saturated heterocycles. The minimum absolute atomic E-state index is 0.0572. The zero-order valence-corrected chi connectivity index (χ0v) is 21.7. The number of azide groups is 1. The van der Waals surface area contributed by atoms with Gasteiger partial charge in [0.25, 0.3) is 5.91 Å². The topological polar surface area (TPSA) is 160 Å². The lowest BCUT2D eigenvalue weighted by Crippen LogP contribution is -2.22. The average Bonchev–Trinajstić information content (AvgIpc) is 2.90. The van der Waals surface area contributed by atoms with Crippen molar-refractivity contribution in [3.63, 3.8) is 0 Å². The molecule has 0 saturated carbocycles. The van der Waals surface area contributed by atoms with Gasteiger partial charge >= 0.3 is 5.97 Å². The van der Waals surface area contributed by atoms with Gasteiger partial charge in [-0.05, 0) is 30.7 Å². The first-order chi connectivity index (χ1) is 18.6. The largest absolute Gasteiger partial charge is 0.423 e. The molecule has 0 aliphatic heterocycles. The first-order valence-electron chi connectivity index (χ1n) is 12.3. The van der Waals surface area contributed by atoms with Crippen LogP contribution in [0.1, 0.15) is 23.7 Å². The van der Waals surface area contributed by atoms with Gasteiger partial charge in [-0.3, -0.25) is 9.59 Å². The summed E-state index contributed by atoms with van der Waals surface area (Å²) in [5.74, 6) is -2.09. The molecule has 0 spiro atoms. The number of ether oxygens (including phenoxy) is 7. The number of nitrogens with zero attached hydrogens (tertiary/aromatic N) is 3. The second-order valence-corrected chi connectivity index (χ2v) is 7.36. The SMILES string of the molecule is CCNC(=O)c1ccc(OC(=O)CCOCCOCCOCCOCCOCCOCCN=[N+]=[N-])c(F)c1. The summed E-state index contributed by atoms with van der Waals surface area (Å²) in [7, 11) is 0. The molecule has 1 aromatic carbocycles. The molecule has 0 radical (unpaired) electrons. The van der Waals surface area contributed by atoms with E-state index in [1.165, 1.54) is 12.1 Å². The average molecular weight is 545 g/mol. The van der Waals surface area contributed by atoms with Crippen LogP contribution in [0.4, 0.5) is 4.39 Å². The maximum Gasteiger partial charge on any atom is 0.313 e. The smallest absolute Gasteiger partial charge is 0.313 e. The van der Waals surface area contributed by atoms with Gasteiger partial charge in [-0.15, -0.1) is 0 Å². The summed E-state index contributed by atoms with van der Waals surface area (Å²) < 4.78 is 51.0. The van der Waals surface area contributed by atoms with E-state index in [4.69, 9.17) is 38.7 Å². The lowest BCUT2D eigenvalue weighted by Gasteiger charge is -2.09. The number of carbonyl (C=O) groups is 2. The van der Waals surface area contributed by atoms with Crippen molar-refractivity contribution in [3.8, 4) is 5.75 Å². The van der Waals surface area contributed by atoms with Crippen LogP contribution in [0.3, 0.4) is 0 Å². The Morgan fingerprint density at radius 1 is 0.842 bits per heavy atom. The van der Waals surface area contributed by atoms with Gasteiger partial charge in [0, 0.05) is 23.6 Å². The normalized spacial score (nSPS) is 10.7. The van der Waals surface area contributed by atoms with E-state index in [9.17, 15) is 14.0 Å². The molecule has 1 N–H and O–H groups in total. The number of carbonyl (C=O) groups excluding carboxylic acids is 2. The van der Waals surface area contributed by atoms with Crippen LogP contribution in [0.25, 0.3) is 10.4 Å². The van der Waals surface area contributed by atoms with E-state index in [2.05, 4.69) is 15.3 Å². The Hall–Kier alpha value is -2.84. The van der Waals surface area contributed by atoms with Crippen LogP contribution in [0.5, 0.6) is 5.75 Å². The summed E-state index contributed by atoms with van der Waals surface area (Å²) in [6, 6.07) is 3.65. The fourth-order valence-corrected chi connectivity index (χ4v) is 2.67. The minimum Gasteiger partial charge on any atom is -0.423 e. The van der Waals surface area contributed by atoms with Crippen LogP contribution in [0.15, 0.2) is 23.3 Å². The highest BCUT2D eigenvalue weighted by atomic mass is 19.1. The Balaban J connectivity index is 1.88. The Morgan fingerprint density at radius 2 is 1.34 bits per heavy atom. The number of amides is 1. The second kappa shape index (κ2) is 23.3. The zero-order valence-electron chi connectivity index (χ0n) is 21.7. The fraction of sp³-hybridized carbons (Fsp3) is 0.667. The number of benzene rings is 1. The van der Waals surface area contributed by atoms with Crippen LogP contribution in [0, 0.1) is 5.82 Å². The van der Waals surface area contributed by atoms with Gasteiger partial charge in [0.2, 0.25) is 0 Å². The van der Waals surface area contributed by atoms with E-state index in [0.717, 1.165) is 6.07 Å². The summed E-state index contributed by atoms with van der Waals surface area (Å²) in [6.45, 7) is 7.00. The summed E-state index contributed by atoms with van der Waals surface area (Å²) in [4.78, 5) is 26.2. The molecule has 0 fully saturated rings. The van der Waals surface area contributed by atoms with E-state index < -0.39 is 17.7 Å². The third-order valence-electron chi connectivity index (χ3n) is 4.46. The highest BCUT2D eigenvalue weighted by Crippen LogP contribution is 2.19. The maximum atomic E-state index is 14.1. The first kappa shape index (κ1) is 33.2. The number of hydrogen-bond donors (Lipinski definition) is 1. The van der Waals surface area contributed by atoms with Gasteiger partial charge in [-0.25, -0.2) is 4.39 Å². The van der Waals surface area contributed by atoms with Crippen molar-refractivity contribution >= 4 is 11.9 Å².